The van der Waals surface area contributed by atoms with Crippen molar-refractivity contribution in [2.75, 3.05) is 16.2 Å². The summed E-state index contributed by atoms with van der Waals surface area (Å²) in [6.07, 6.45) is 1.82. The number of rotatable bonds is 4. The molecule has 0 unspecified atom stereocenters. The minimum atomic E-state index is -3.78. The molecule has 0 bridgehead atoms. The van der Waals surface area contributed by atoms with Crippen molar-refractivity contribution >= 4 is 61.5 Å². The number of carbonyl (C=O) groups is 1. The van der Waals surface area contributed by atoms with Gasteiger partial charge in [-0.3, -0.25) is 9.52 Å². The Hall–Kier alpha value is -2.20. The van der Waals surface area contributed by atoms with Crippen LogP contribution in [0.5, 0.6) is 0 Å². The molecule has 1 aromatic heterocycles. The molecule has 0 radical (unpaired) electrons. The minimum Gasteiger partial charge on any atom is -0.308 e. The van der Waals surface area contributed by atoms with Crippen LogP contribution in [0.15, 0.2) is 47.6 Å². The lowest BCUT2D eigenvalue weighted by Crippen LogP contribution is -2.28. The normalized spacial score (nSPS) is 13.4. The van der Waals surface area contributed by atoms with Crippen LogP contribution in [0, 0.1) is 0 Å². The lowest BCUT2D eigenvalue weighted by Gasteiger charge is -2.18. The Labute approximate surface area is 175 Å². The van der Waals surface area contributed by atoms with Gasteiger partial charge in [-0.15, -0.1) is 0 Å². The van der Waals surface area contributed by atoms with E-state index in [0.29, 0.717) is 34.3 Å². The predicted octanol–water partition coefficient (Wildman–Crippen LogP) is 3.85. The van der Waals surface area contributed by atoms with Gasteiger partial charge in [-0.2, -0.15) is 4.37 Å². The number of hydrogen-bond donors (Lipinski definition) is 1. The van der Waals surface area contributed by atoms with Crippen LogP contribution in [-0.2, 0) is 16.4 Å². The lowest BCUT2D eigenvalue weighted by atomic mass is 10.1. The highest BCUT2D eigenvalue weighted by Crippen LogP contribution is 2.33. The van der Waals surface area contributed by atoms with Crippen LogP contribution in [0.4, 0.5) is 10.8 Å². The highest BCUT2D eigenvalue weighted by atomic mass is 35.5. The molecule has 2 aromatic carbocycles. The Kier molecular flexibility index (Phi) is 5.00. The van der Waals surface area contributed by atoms with Gasteiger partial charge in [0.25, 0.3) is 15.9 Å². The summed E-state index contributed by atoms with van der Waals surface area (Å²) in [5.41, 5.74) is 1.86. The van der Waals surface area contributed by atoms with Crippen LogP contribution in [0.3, 0.4) is 0 Å². The van der Waals surface area contributed by atoms with E-state index in [1.54, 1.807) is 29.2 Å². The summed E-state index contributed by atoms with van der Waals surface area (Å²) in [5.74, 6) is -0.222. The monoisotopic (exact) mass is 454 g/mol. The summed E-state index contributed by atoms with van der Waals surface area (Å²) in [6.45, 7) is 0.446. The van der Waals surface area contributed by atoms with E-state index in [4.69, 9.17) is 23.2 Å². The summed E-state index contributed by atoms with van der Waals surface area (Å²) < 4.78 is 31.2. The smallest absolute Gasteiger partial charge is 0.263 e. The van der Waals surface area contributed by atoms with E-state index in [-0.39, 0.29) is 15.9 Å². The number of anilines is 2. The number of nitrogens with one attached hydrogen (secondary N) is 1. The number of sulfonamides is 1. The van der Waals surface area contributed by atoms with E-state index >= 15 is 0 Å². The van der Waals surface area contributed by atoms with Crippen molar-refractivity contribution in [2.45, 2.75) is 11.3 Å². The predicted molar refractivity (Wildman–Crippen MR) is 109 cm³/mol. The fourth-order valence-corrected chi connectivity index (χ4v) is 4.94. The second-order valence-corrected chi connectivity index (χ2v) is 9.26. The molecular weight excluding hydrogens is 443 g/mol. The number of amides is 1. The molecule has 0 fully saturated rings. The van der Waals surface area contributed by atoms with Crippen molar-refractivity contribution in [1.29, 1.82) is 0 Å². The van der Waals surface area contributed by atoms with Crippen LogP contribution in [0.1, 0.15) is 15.9 Å². The molecular formula is C17H12Cl2N4O3S2. The fraction of sp³-hybridized carbons (Fsp3) is 0.118. The molecule has 1 amide bonds. The van der Waals surface area contributed by atoms with Gasteiger partial charge in [0.2, 0.25) is 5.13 Å². The number of carbonyl (C=O) groups excluding carboxylic acids is 1. The Morgan fingerprint density at radius 2 is 1.96 bits per heavy atom. The maximum atomic E-state index is 12.8. The van der Waals surface area contributed by atoms with Gasteiger partial charge < -0.3 is 4.90 Å². The summed E-state index contributed by atoms with van der Waals surface area (Å²) >= 11 is 12.9. The Morgan fingerprint density at radius 3 is 2.68 bits per heavy atom. The molecule has 2 heterocycles. The highest BCUT2D eigenvalue weighted by molar-refractivity contribution is 7.93. The first-order valence-electron chi connectivity index (χ1n) is 8.04. The first-order chi connectivity index (χ1) is 13.3. The summed E-state index contributed by atoms with van der Waals surface area (Å²) in [7, 11) is -3.78. The van der Waals surface area contributed by atoms with Crippen molar-refractivity contribution in [3.8, 4) is 0 Å². The quantitative estimate of drug-likeness (QED) is 0.645. The van der Waals surface area contributed by atoms with Crippen LogP contribution >= 0.6 is 34.7 Å². The van der Waals surface area contributed by atoms with Crippen molar-refractivity contribution in [3.05, 3.63) is 63.9 Å². The van der Waals surface area contributed by atoms with Gasteiger partial charge in [0.05, 0.1) is 14.9 Å². The second-order valence-electron chi connectivity index (χ2n) is 5.98. The summed E-state index contributed by atoms with van der Waals surface area (Å²) in [6, 6.07) is 9.37. The first-order valence-corrected chi connectivity index (χ1v) is 11.1. The van der Waals surface area contributed by atoms with Gasteiger partial charge in [-0.25, -0.2) is 13.4 Å². The summed E-state index contributed by atoms with van der Waals surface area (Å²) in [4.78, 5) is 18.4. The molecule has 1 aliphatic rings. The largest absolute Gasteiger partial charge is 0.308 e. The van der Waals surface area contributed by atoms with Gasteiger partial charge in [0, 0.05) is 29.3 Å². The van der Waals surface area contributed by atoms with Gasteiger partial charge in [-0.1, -0.05) is 23.2 Å². The molecule has 1 aliphatic heterocycles. The van der Waals surface area contributed by atoms with Crippen LogP contribution in [-0.4, -0.2) is 30.2 Å². The third-order valence-electron chi connectivity index (χ3n) is 4.25. The van der Waals surface area contributed by atoms with E-state index < -0.39 is 10.0 Å². The number of hydrogen-bond acceptors (Lipinski definition) is 6. The average molecular weight is 455 g/mol. The number of aromatic nitrogens is 2. The lowest BCUT2D eigenvalue weighted by molar-refractivity contribution is 0.0989. The molecule has 0 saturated heterocycles. The topological polar surface area (TPSA) is 92.3 Å². The molecule has 28 heavy (non-hydrogen) atoms. The zero-order valence-corrected chi connectivity index (χ0v) is 17.2. The Morgan fingerprint density at radius 1 is 1.14 bits per heavy atom. The second kappa shape index (κ2) is 7.32. The average Bonchev–Trinajstić information content (AvgIpc) is 3.32. The van der Waals surface area contributed by atoms with E-state index in [1.807, 2.05) is 0 Å². The van der Waals surface area contributed by atoms with Gasteiger partial charge >= 0.3 is 0 Å². The summed E-state index contributed by atoms with van der Waals surface area (Å²) in [5, 5.41) is 0.867. The molecule has 7 nitrogen and oxygen atoms in total. The molecule has 1 N–H and O–H groups in total. The number of fused-ring (bicyclic) bond motifs is 1. The maximum Gasteiger partial charge on any atom is 0.263 e. The Bertz CT molecular complexity index is 1170. The zero-order chi connectivity index (χ0) is 19.9. The van der Waals surface area contributed by atoms with Crippen LogP contribution in [0.2, 0.25) is 10.0 Å². The van der Waals surface area contributed by atoms with Crippen LogP contribution in [0.25, 0.3) is 0 Å². The first kappa shape index (κ1) is 19.1. The van der Waals surface area contributed by atoms with Crippen LogP contribution < -0.4 is 9.62 Å². The van der Waals surface area contributed by atoms with Crippen molar-refractivity contribution in [1.82, 2.24) is 9.36 Å². The third-order valence-corrected chi connectivity index (χ3v) is 7.04. The van der Waals surface area contributed by atoms with Crippen molar-refractivity contribution in [3.63, 3.8) is 0 Å². The molecule has 0 atom stereocenters. The molecule has 4 rings (SSSR count). The number of halogens is 2. The Balaban J connectivity index is 1.61. The molecule has 11 heteroatoms. The van der Waals surface area contributed by atoms with E-state index in [0.717, 1.165) is 17.1 Å². The van der Waals surface area contributed by atoms with Gasteiger partial charge in [0.15, 0.2) is 0 Å². The van der Waals surface area contributed by atoms with Crippen molar-refractivity contribution in [2.24, 2.45) is 0 Å². The van der Waals surface area contributed by atoms with E-state index in [9.17, 15) is 13.2 Å². The molecule has 0 saturated carbocycles. The van der Waals surface area contributed by atoms with E-state index in [2.05, 4.69) is 14.1 Å². The zero-order valence-electron chi connectivity index (χ0n) is 14.1. The minimum absolute atomic E-state index is 0.102. The third kappa shape index (κ3) is 3.58. The number of nitrogens with zero attached hydrogens (tertiary/aromatic N) is 3. The molecule has 144 valence electrons. The molecule has 0 spiro atoms. The standard InChI is InChI=1S/C17H12Cl2N4O3S2/c18-13-3-1-11(8-14(13)19)16(24)23-6-5-10-7-12(2-4-15(10)23)28(25,26)22-17-20-9-21-27-17/h1-4,7-9H,5-6H2,(H,20,21,22). The molecule has 0 aliphatic carbocycles. The van der Waals surface area contributed by atoms with Gasteiger partial charge in [0.1, 0.15) is 6.33 Å². The SMILES string of the molecule is O=C(c1ccc(Cl)c(Cl)c1)N1CCc2cc(S(=O)(=O)Nc3ncns3)ccc21. The fourth-order valence-electron chi connectivity index (χ4n) is 2.93. The number of benzene rings is 2. The highest BCUT2D eigenvalue weighted by Gasteiger charge is 2.28. The van der Waals surface area contributed by atoms with Crippen molar-refractivity contribution < 1.29 is 13.2 Å². The molecule has 3 aromatic rings. The van der Waals surface area contributed by atoms with E-state index in [1.165, 1.54) is 18.5 Å². The van der Waals surface area contributed by atoms with Gasteiger partial charge in [-0.05, 0) is 48.4 Å². The maximum absolute atomic E-state index is 12.8.